The average Bonchev–Trinajstić information content (AvgIpc) is 3.16. The molecule has 0 spiro atoms. The van der Waals surface area contributed by atoms with Gasteiger partial charge in [0.1, 0.15) is 5.82 Å². The number of nitrogens with zero attached hydrogens (tertiary/aromatic N) is 3. The molecule has 0 N–H and O–H groups in total. The lowest BCUT2D eigenvalue weighted by atomic mass is 10.3. The molecule has 3 nitrogen and oxygen atoms in total. The predicted octanol–water partition coefficient (Wildman–Crippen LogP) is 3.90. The van der Waals surface area contributed by atoms with Crippen LogP contribution in [0.2, 0.25) is 4.34 Å². The predicted molar refractivity (Wildman–Crippen MR) is 90.3 cm³/mol. The summed E-state index contributed by atoms with van der Waals surface area (Å²) in [4.78, 5) is 10.7. The van der Waals surface area contributed by atoms with Crippen molar-refractivity contribution in [1.29, 1.82) is 0 Å². The Morgan fingerprint density at radius 1 is 1.19 bits per heavy atom. The first kappa shape index (κ1) is 14.8. The summed E-state index contributed by atoms with van der Waals surface area (Å²) < 4.78 is 0.852. The van der Waals surface area contributed by atoms with Gasteiger partial charge in [0.25, 0.3) is 0 Å². The molecule has 3 rings (SSSR count). The van der Waals surface area contributed by atoms with Crippen LogP contribution in [0.5, 0.6) is 0 Å². The van der Waals surface area contributed by atoms with Crippen molar-refractivity contribution in [3.63, 3.8) is 0 Å². The van der Waals surface area contributed by atoms with Crippen LogP contribution in [0.15, 0.2) is 36.5 Å². The summed E-state index contributed by atoms with van der Waals surface area (Å²) in [5, 5.41) is 0. The molecule has 0 unspecified atom stereocenters. The maximum atomic E-state index is 6.05. The Balaban J connectivity index is 1.67. The Labute approximate surface area is 135 Å². The average molecular weight is 322 g/mol. The fourth-order valence-electron chi connectivity index (χ4n) is 2.71. The van der Waals surface area contributed by atoms with Gasteiger partial charge >= 0.3 is 0 Å². The topological polar surface area (TPSA) is 19.4 Å². The number of aromatic nitrogens is 1. The van der Waals surface area contributed by atoms with Gasteiger partial charge in [-0.2, -0.15) is 0 Å². The highest BCUT2D eigenvalue weighted by Gasteiger charge is 2.15. The second-order valence-electron chi connectivity index (χ2n) is 5.36. The molecule has 0 aromatic carbocycles. The molecule has 1 fully saturated rings. The van der Waals surface area contributed by atoms with E-state index in [-0.39, 0.29) is 0 Å². The Morgan fingerprint density at radius 3 is 2.71 bits per heavy atom. The summed E-state index contributed by atoms with van der Waals surface area (Å²) in [6.07, 6.45) is 4.54. The Kier molecular flexibility index (Phi) is 5.12. The van der Waals surface area contributed by atoms with Gasteiger partial charge in [-0.1, -0.05) is 17.7 Å². The molecular formula is C16H20ClN3S. The maximum Gasteiger partial charge on any atom is 0.128 e. The van der Waals surface area contributed by atoms with Gasteiger partial charge in [0.2, 0.25) is 0 Å². The minimum Gasteiger partial charge on any atom is -0.350 e. The fourth-order valence-corrected chi connectivity index (χ4v) is 3.81. The second-order valence-corrected chi connectivity index (χ2v) is 7.16. The zero-order valence-corrected chi connectivity index (χ0v) is 13.6. The lowest BCUT2D eigenvalue weighted by Gasteiger charge is -2.26. The molecule has 0 aliphatic carbocycles. The first-order valence-corrected chi connectivity index (χ1v) is 8.63. The van der Waals surface area contributed by atoms with Crippen LogP contribution in [0.4, 0.5) is 5.82 Å². The van der Waals surface area contributed by atoms with Gasteiger partial charge in [-0.3, -0.25) is 0 Å². The Hall–Kier alpha value is -1.10. The summed E-state index contributed by atoms with van der Waals surface area (Å²) in [5.41, 5.74) is 0. The van der Waals surface area contributed by atoms with Crippen molar-refractivity contribution in [2.75, 3.05) is 31.1 Å². The van der Waals surface area contributed by atoms with Gasteiger partial charge in [0.05, 0.1) is 10.9 Å². The van der Waals surface area contributed by atoms with Gasteiger partial charge in [-0.25, -0.2) is 4.98 Å². The molecule has 0 radical (unpaired) electrons. The Morgan fingerprint density at radius 2 is 2.05 bits per heavy atom. The van der Waals surface area contributed by atoms with E-state index in [0.717, 1.165) is 29.8 Å². The molecule has 0 atom stereocenters. The number of halogens is 1. The first-order valence-electron chi connectivity index (χ1n) is 7.44. The van der Waals surface area contributed by atoms with Crippen molar-refractivity contribution in [3.05, 3.63) is 45.7 Å². The van der Waals surface area contributed by atoms with Gasteiger partial charge < -0.3 is 9.80 Å². The molecule has 1 aliphatic heterocycles. The summed E-state index contributed by atoms with van der Waals surface area (Å²) in [6.45, 7) is 5.46. The molecule has 0 bridgehead atoms. The summed E-state index contributed by atoms with van der Waals surface area (Å²) >= 11 is 7.70. The number of likely N-dealkylation sites (tertiary alicyclic amines) is 1. The summed E-state index contributed by atoms with van der Waals surface area (Å²) in [7, 11) is 0. The van der Waals surface area contributed by atoms with Crippen LogP contribution in [0.3, 0.4) is 0 Å². The first-order chi connectivity index (χ1) is 10.3. The molecule has 112 valence electrons. The lowest BCUT2D eigenvalue weighted by Crippen LogP contribution is -2.33. The highest BCUT2D eigenvalue weighted by Crippen LogP contribution is 2.24. The number of anilines is 1. The number of pyridine rings is 1. The third-order valence-corrected chi connectivity index (χ3v) is 5.05. The SMILES string of the molecule is Clc1ccc(CN(CCN2CCCC2)c2ccccn2)s1. The van der Waals surface area contributed by atoms with E-state index in [1.165, 1.54) is 30.8 Å². The van der Waals surface area contributed by atoms with E-state index in [2.05, 4.69) is 26.9 Å². The maximum absolute atomic E-state index is 6.05. The molecule has 1 saturated heterocycles. The lowest BCUT2D eigenvalue weighted by molar-refractivity contribution is 0.344. The van der Waals surface area contributed by atoms with E-state index in [0.29, 0.717) is 0 Å². The van der Waals surface area contributed by atoms with Crippen molar-refractivity contribution in [2.24, 2.45) is 0 Å². The van der Waals surface area contributed by atoms with Crippen LogP contribution < -0.4 is 4.90 Å². The molecule has 1 aliphatic rings. The molecule has 0 saturated carbocycles. The number of thiophene rings is 1. The minimum atomic E-state index is 0.852. The molecule has 3 heterocycles. The molecule has 21 heavy (non-hydrogen) atoms. The fraction of sp³-hybridized carbons (Fsp3) is 0.438. The third kappa shape index (κ3) is 4.19. The van der Waals surface area contributed by atoms with Crippen molar-refractivity contribution in [3.8, 4) is 0 Å². The third-order valence-electron chi connectivity index (χ3n) is 3.83. The minimum absolute atomic E-state index is 0.852. The summed E-state index contributed by atoms with van der Waals surface area (Å²) in [6, 6.07) is 10.2. The Bertz CT molecular complexity index is 552. The van der Waals surface area contributed by atoms with Gasteiger partial charge in [0.15, 0.2) is 0 Å². The zero-order chi connectivity index (χ0) is 14.5. The van der Waals surface area contributed by atoms with E-state index in [9.17, 15) is 0 Å². The second kappa shape index (κ2) is 7.25. The quantitative estimate of drug-likeness (QED) is 0.804. The van der Waals surface area contributed by atoms with E-state index in [4.69, 9.17) is 11.6 Å². The van der Waals surface area contributed by atoms with E-state index < -0.39 is 0 Å². The van der Waals surface area contributed by atoms with Crippen molar-refractivity contribution in [2.45, 2.75) is 19.4 Å². The molecule has 0 amide bonds. The zero-order valence-electron chi connectivity index (χ0n) is 12.0. The van der Waals surface area contributed by atoms with Crippen LogP contribution in [0.1, 0.15) is 17.7 Å². The van der Waals surface area contributed by atoms with Gasteiger partial charge in [0, 0.05) is 24.2 Å². The van der Waals surface area contributed by atoms with E-state index in [1.807, 2.05) is 24.4 Å². The molecule has 2 aromatic heterocycles. The molecule has 5 heteroatoms. The van der Waals surface area contributed by atoms with Crippen LogP contribution in [0, 0.1) is 0 Å². The van der Waals surface area contributed by atoms with Crippen LogP contribution >= 0.6 is 22.9 Å². The number of hydrogen-bond donors (Lipinski definition) is 0. The number of hydrogen-bond acceptors (Lipinski definition) is 4. The van der Waals surface area contributed by atoms with Crippen molar-refractivity contribution < 1.29 is 0 Å². The van der Waals surface area contributed by atoms with Crippen LogP contribution in [-0.2, 0) is 6.54 Å². The van der Waals surface area contributed by atoms with E-state index >= 15 is 0 Å². The normalized spacial score (nSPS) is 15.5. The highest BCUT2D eigenvalue weighted by molar-refractivity contribution is 7.16. The van der Waals surface area contributed by atoms with Crippen LogP contribution in [0.25, 0.3) is 0 Å². The van der Waals surface area contributed by atoms with Gasteiger partial charge in [-0.05, 0) is 50.2 Å². The number of rotatable bonds is 6. The highest BCUT2D eigenvalue weighted by atomic mass is 35.5. The van der Waals surface area contributed by atoms with E-state index in [1.54, 1.807) is 11.3 Å². The monoisotopic (exact) mass is 321 g/mol. The van der Waals surface area contributed by atoms with Gasteiger partial charge in [-0.15, -0.1) is 11.3 Å². The molecular weight excluding hydrogens is 302 g/mol. The smallest absolute Gasteiger partial charge is 0.128 e. The van der Waals surface area contributed by atoms with Crippen molar-refractivity contribution >= 4 is 28.8 Å². The largest absolute Gasteiger partial charge is 0.350 e. The van der Waals surface area contributed by atoms with Crippen LogP contribution in [-0.4, -0.2) is 36.1 Å². The molecule has 2 aromatic rings. The summed E-state index contributed by atoms with van der Waals surface area (Å²) in [5.74, 6) is 1.04. The standard InChI is InChI=1S/C16H20ClN3S/c17-15-7-6-14(21-15)13-20(16-5-1-2-8-18-16)12-11-19-9-3-4-10-19/h1-2,5-8H,3-4,9-13H2. The van der Waals surface area contributed by atoms with Crippen molar-refractivity contribution in [1.82, 2.24) is 9.88 Å².